The number of benzene rings is 2. The zero-order valence-corrected chi connectivity index (χ0v) is 25.1. The highest BCUT2D eigenvalue weighted by atomic mass is 15.3. The zero-order chi connectivity index (χ0) is 30.9. The van der Waals surface area contributed by atoms with Crippen LogP contribution in [0.15, 0.2) is 97.5 Å². The number of anilines is 2. The minimum absolute atomic E-state index is 0.226. The van der Waals surface area contributed by atoms with Gasteiger partial charge in [0.05, 0.1) is 11.3 Å². The number of nitriles is 1. The summed E-state index contributed by atoms with van der Waals surface area (Å²) in [5, 5.41) is 9.29. The Hall–Kier alpha value is -5.66. The molecule has 2 aromatic carbocycles. The second kappa shape index (κ2) is 11.8. The highest BCUT2D eigenvalue weighted by molar-refractivity contribution is 5.84. The van der Waals surface area contributed by atoms with Crippen molar-refractivity contribution in [2.45, 2.75) is 32.5 Å². The molecule has 0 amide bonds. The molecule has 0 bridgehead atoms. The molecule has 0 aliphatic carbocycles. The van der Waals surface area contributed by atoms with Crippen LogP contribution in [0.4, 0.5) is 11.6 Å². The Morgan fingerprint density at radius 3 is 2.38 bits per heavy atom. The van der Waals surface area contributed by atoms with E-state index in [1.165, 1.54) is 11.9 Å². The van der Waals surface area contributed by atoms with E-state index in [0.29, 0.717) is 17.3 Å². The van der Waals surface area contributed by atoms with Gasteiger partial charge < -0.3 is 10.6 Å². The highest BCUT2D eigenvalue weighted by Crippen LogP contribution is 2.32. The molecule has 0 saturated carbocycles. The summed E-state index contributed by atoms with van der Waals surface area (Å²) in [5.41, 5.74) is 13.1. The standard InChI is InChI=1S/C35H32N10/c1-23-19-43(20-24(2)44(23)32-17-27(18-36)39-22-40-32)21-25-10-12-28(13-11-25)45-34(29-9-6-16-38-33(29)37)42-31-15-14-30(41-35(31)45)26-7-4-3-5-8-26/h3-17,22-24H,19-21H2,1-2H3,(H2,37,38)/t23-,24-/m1/s1. The van der Waals surface area contributed by atoms with E-state index in [4.69, 9.17) is 15.7 Å². The van der Waals surface area contributed by atoms with Crippen molar-refractivity contribution in [3.05, 3.63) is 109 Å². The number of imidazole rings is 1. The van der Waals surface area contributed by atoms with Crippen LogP contribution in [-0.4, -0.2) is 59.6 Å². The summed E-state index contributed by atoms with van der Waals surface area (Å²) < 4.78 is 2.07. The van der Waals surface area contributed by atoms with Gasteiger partial charge in [0.2, 0.25) is 0 Å². The van der Waals surface area contributed by atoms with Crippen LogP contribution in [0.5, 0.6) is 0 Å². The average Bonchev–Trinajstić information content (AvgIpc) is 3.44. The van der Waals surface area contributed by atoms with Crippen molar-refractivity contribution in [1.29, 1.82) is 5.26 Å². The lowest BCUT2D eigenvalue weighted by molar-refractivity contribution is 0.191. The second-order valence-corrected chi connectivity index (χ2v) is 11.5. The quantitative estimate of drug-likeness (QED) is 0.267. The van der Waals surface area contributed by atoms with E-state index in [1.54, 1.807) is 12.3 Å². The number of nitrogens with two attached hydrogens (primary N) is 1. The summed E-state index contributed by atoms with van der Waals surface area (Å²) >= 11 is 0. The van der Waals surface area contributed by atoms with Gasteiger partial charge in [-0.2, -0.15) is 5.26 Å². The van der Waals surface area contributed by atoms with Crippen molar-refractivity contribution in [2.75, 3.05) is 23.7 Å². The first kappa shape index (κ1) is 28.1. The molecule has 45 heavy (non-hydrogen) atoms. The van der Waals surface area contributed by atoms with Gasteiger partial charge in [-0.15, -0.1) is 0 Å². The van der Waals surface area contributed by atoms with E-state index in [2.05, 4.69) is 85.6 Å². The number of pyridine rings is 2. The van der Waals surface area contributed by atoms with Gasteiger partial charge in [0.1, 0.15) is 35.2 Å². The smallest absolute Gasteiger partial charge is 0.165 e. The van der Waals surface area contributed by atoms with E-state index in [1.807, 2.05) is 42.5 Å². The third-order valence-electron chi connectivity index (χ3n) is 8.28. The third kappa shape index (κ3) is 5.46. The monoisotopic (exact) mass is 592 g/mol. The van der Waals surface area contributed by atoms with Crippen molar-refractivity contribution in [3.63, 3.8) is 0 Å². The fourth-order valence-electron chi connectivity index (χ4n) is 6.33. The molecule has 1 saturated heterocycles. The summed E-state index contributed by atoms with van der Waals surface area (Å²) in [6, 6.07) is 30.9. The molecule has 2 atom stereocenters. The SMILES string of the molecule is C[C@@H]1CN(Cc2ccc(-n3c(-c4cccnc4N)nc4ccc(-c5ccccc5)nc43)cc2)C[C@@H](C)N1c1cc(C#N)ncn1. The molecule has 1 fully saturated rings. The van der Waals surface area contributed by atoms with Gasteiger partial charge in [0.25, 0.3) is 0 Å². The Balaban J connectivity index is 1.19. The van der Waals surface area contributed by atoms with Crippen molar-refractivity contribution in [1.82, 2.24) is 34.4 Å². The molecule has 10 nitrogen and oxygen atoms in total. The Morgan fingerprint density at radius 2 is 1.64 bits per heavy atom. The van der Waals surface area contributed by atoms with Crippen LogP contribution < -0.4 is 10.6 Å². The average molecular weight is 593 g/mol. The molecule has 7 rings (SSSR count). The Morgan fingerprint density at radius 1 is 0.867 bits per heavy atom. The number of hydrogen-bond donors (Lipinski definition) is 1. The van der Waals surface area contributed by atoms with E-state index < -0.39 is 0 Å². The van der Waals surface area contributed by atoms with Crippen LogP contribution in [0.1, 0.15) is 25.1 Å². The van der Waals surface area contributed by atoms with Gasteiger partial charge in [-0.3, -0.25) is 9.47 Å². The van der Waals surface area contributed by atoms with Crippen molar-refractivity contribution >= 4 is 22.8 Å². The maximum absolute atomic E-state index is 9.29. The summed E-state index contributed by atoms with van der Waals surface area (Å²) in [4.78, 5) is 27.6. The lowest BCUT2D eigenvalue weighted by Gasteiger charge is -2.45. The van der Waals surface area contributed by atoms with Crippen molar-refractivity contribution in [3.8, 4) is 34.4 Å². The lowest BCUT2D eigenvalue weighted by atomic mass is 10.1. The Bertz CT molecular complexity index is 2000. The van der Waals surface area contributed by atoms with Gasteiger partial charge in [-0.05, 0) is 55.8 Å². The molecular weight excluding hydrogens is 560 g/mol. The van der Waals surface area contributed by atoms with Crippen LogP contribution in [0.3, 0.4) is 0 Å². The minimum Gasteiger partial charge on any atom is -0.383 e. The predicted molar refractivity (Wildman–Crippen MR) is 175 cm³/mol. The van der Waals surface area contributed by atoms with E-state index in [-0.39, 0.29) is 12.1 Å². The first-order valence-corrected chi connectivity index (χ1v) is 15.0. The fraction of sp³-hybridized carbons (Fsp3) is 0.200. The molecule has 5 heterocycles. The van der Waals surface area contributed by atoms with Crippen molar-refractivity contribution < 1.29 is 0 Å². The molecule has 0 radical (unpaired) electrons. The van der Waals surface area contributed by atoms with E-state index >= 15 is 0 Å². The maximum atomic E-state index is 9.29. The minimum atomic E-state index is 0.226. The predicted octanol–water partition coefficient (Wildman–Crippen LogP) is 5.49. The summed E-state index contributed by atoms with van der Waals surface area (Å²) in [7, 11) is 0. The summed E-state index contributed by atoms with van der Waals surface area (Å²) in [6.07, 6.45) is 3.15. The topological polar surface area (TPSA) is 126 Å². The van der Waals surface area contributed by atoms with Gasteiger partial charge in [0.15, 0.2) is 11.5 Å². The Kier molecular flexibility index (Phi) is 7.37. The Labute approximate surface area is 261 Å². The number of hydrogen-bond acceptors (Lipinski definition) is 9. The van der Waals surface area contributed by atoms with E-state index in [0.717, 1.165) is 59.1 Å². The number of nitrogen functional groups attached to an aromatic ring is 1. The molecule has 0 unspecified atom stereocenters. The van der Waals surface area contributed by atoms with Gasteiger partial charge in [0, 0.05) is 55.2 Å². The fourth-order valence-corrected chi connectivity index (χ4v) is 6.33. The normalized spacial score (nSPS) is 17.0. The number of rotatable bonds is 6. The van der Waals surface area contributed by atoms with Crippen LogP contribution in [0, 0.1) is 11.3 Å². The van der Waals surface area contributed by atoms with Crippen LogP contribution in [-0.2, 0) is 6.54 Å². The summed E-state index contributed by atoms with van der Waals surface area (Å²) in [5.74, 6) is 1.92. The molecular formula is C35H32N10. The van der Waals surface area contributed by atoms with E-state index in [9.17, 15) is 5.26 Å². The molecule has 0 spiro atoms. The zero-order valence-electron chi connectivity index (χ0n) is 25.1. The molecule has 222 valence electrons. The number of aromatic nitrogens is 6. The van der Waals surface area contributed by atoms with Gasteiger partial charge in [-0.1, -0.05) is 42.5 Å². The molecule has 1 aliphatic heterocycles. The van der Waals surface area contributed by atoms with Crippen LogP contribution in [0.2, 0.25) is 0 Å². The summed E-state index contributed by atoms with van der Waals surface area (Å²) in [6.45, 7) is 6.97. The molecule has 4 aromatic heterocycles. The largest absolute Gasteiger partial charge is 0.383 e. The van der Waals surface area contributed by atoms with Crippen molar-refractivity contribution in [2.24, 2.45) is 0 Å². The molecule has 2 N–H and O–H groups in total. The van der Waals surface area contributed by atoms with Crippen LogP contribution >= 0.6 is 0 Å². The molecule has 6 aromatic rings. The van der Waals surface area contributed by atoms with Crippen LogP contribution in [0.25, 0.3) is 39.5 Å². The first-order chi connectivity index (χ1) is 22.0. The lowest BCUT2D eigenvalue weighted by Crippen LogP contribution is -2.56. The molecule has 1 aliphatic rings. The third-order valence-corrected chi connectivity index (χ3v) is 8.28. The first-order valence-electron chi connectivity index (χ1n) is 15.0. The van der Waals surface area contributed by atoms with Gasteiger partial charge in [-0.25, -0.2) is 24.9 Å². The number of nitrogens with zero attached hydrogens (tertiary/aromatic N) is 9. The highest BCUT2D eigenvalue weighted by Gasteiger charge is 2.30. The maximum Gasteiger partial charge on any atom is 0.165 e. The number of fused-ring (bicyclic) bond motifs is 1. The second-order valence-electron chi connectivity index (χ2n) is 11.5. The molecule has 10 heteroatoms. The number of piperazine rings is 1. The van der Waals surface area contributed by atoms with Gasteiger partial charge >= 0.3 is 0 Å².